The molecule has 4 amide bonds. The number of fused-ring (bicyclic) bond motifs is 1. The van der Waals surface area contributed by atoms with Gasteiger partial charge in [0.25, 0.3) is 0 Å². The van der Waals surface area contributed by atoms with Crippen LogP contribution in [-0.2, 0) is 6.54 Å². The molecular weight excluding hydrogens is 342 g/mol. The van der Waals surface area contributed by atoms with E-state index in [0.29, 0.717) is 18.5 Å². The highest BCUT2D eigenvalue weighted by Crippen LogP contribution is 2.31. The second-order valence-corrected chi connectivity index (χ2v) is 7.92. The first-order chi connectivity index (χ1) is 13.1. The summed E-state index contributed by atoms with van der Waals surface area (Å²) in [5, 5.41) is 5.94. The van der Waals surface area contributed by atoms with Gasteiger partial charge in [-0.1, -0.05) is 12.1 Å². The molecular formula is C20H29N5O2. The molecule has 0 spiro atoms. The molecule has 7 heteroatoms. The number of amides is 4. The first kappa shape index (κ1) is 18.1. The fourth-order valence-electron chi connectivity index (χ4n) is 4.50. The number of nitrogens with zero attached hydrogens (tertiary/aromatic N) is 3. The summed E-state index contributed by atoms with van der Waals surface area (Å²) in [7, 11) is 2.13. The van der Waals surface area contributed by atoms with Crippen LogP contribution in [0.2, 0.25) is 0 Å². The summed E-state index contributed by atoms with van der Waals surface area (Å²) >= 11 is 0. The predicted molar refractivity (Wildman–Crippen MR) is 105 cm³/mol. The van der Waals surface area contributed by atoms with Gasteiger partial charge in [0.15, 0.2) is 0 Å². The molecule has 0 unspecified atom stereocenters. The number of carbonyl (C=O) groups excluding carboxylic acids is 2. The van der Waals surface area contributed by atoms with Crippen LogP contribution in [0.25, 0.3) is 0 Å². The highest BCUT2D eigenvalue weighted by molar-refractivity contribution is 5.92. The highest BCUT2D eigenvalue weighted by Gasteiger charge is 2.39. The summed E-state index contributed by atoms with van der Waals surface area (Å²) in [6.07, 6.45) is 3.27. The van der Waals surface area contributed by atoms with Gasteiger partial charge in [-0.2, -0.15) is 0 Å². The molecule has 3 aliphatic heterocycles. The Balaban J connectivity index is 1.32. The molecule has 4 rings (SSSR count). The number of hydrogen-bond acceptors (Lipinski definition) is 3. The number of likely N-dealkylation sites (N-methyl/N-ethyl adjacent to an activating group) is 1. The van der Waals surface area contributed by atoms with Gasteiger partial charge in [-0.25, -0.2) is 9.59 Å². The molecule has 1 aromatic rings. The number of hydrogen-bond donors (Lipinski definition) is 2. The van der Waals surface area contributed by atoms with E-state index in [1.54, 1.807) is 4.90 Å². The van der Waals surface area contributed by atoms with E-state index in [0.717, 1.165) is 56.8 Å². The standard InChI is InChI=1S/C20H29N5O2/c1-23-11-7-16-8-12-25(18(16)14-23)20(27)22-13-15-3-5-17(6-4-15)24-10-2-9-21-19(24)26/h3-6,16,18H,2,7-14H2,1H3,(H,21,26)(H,22,27)/t16-,18-/m1/s1. The van der Waals surface area contributed by atoms with Gasteiger partial charge in [-0.3, -0.25) is 4.90 Å². The molecule has 1 aromatic carbocycles. The quantitative estimate of drug-likeness (QED) is 0.852. The van der Waals surface area contributed by atoms with E-state index in [-0.39, 0.29) is 12.1 Å². The third-order valence-corrected chi connectivity index (χ3v) is 6.10. The Labute approximate surface area is 160 Å². The first-order valence-corrected chi connectivity index (χ1v) is 9.99. The lowest BCUT2D eigenvalue weighted by Gasteiger charge is -2.36. The maximum atomic E-state index is 12.7. The zero-order chi connectivity index (χ0) is 18.8. The van der Waals surface area contributed by atoms with Crippen molar-refractivity contribution in [2.45, 2.75) is 31.8 Å². The van der Waals surface area contributed by atoms with Gasteiger partial charge in [-0.05, 0) is 56.5 Å². The van der Waals surface area contributed by atoms with Crippen molar-refractivity contribution in [3.63, 3.8) is 0 Å². The van der Waals surface area contributed by atoms with Crippen molar-refractivity contribution < 1.29 is 9.59 Å². The van der Waals surface area contributed by atoms with Crippen LogP contribution in [0.3, 0.4) is 0 Å². The van der Waals surface area contributed by atoms with Crippen molar-refractivity contribution in [3.05, 3.63) is 29.8 Å². The average molecular weight is 371 g/mol. The lowest BCUT2D eigenvalue weighted by molar-refractivity contribution is 0.131. The van der Waals surface area contributed by atoms with E-state index in [9.17, 15) is 9.59 Å². The van der Waals surface area contributed by atoms with Gasteiger partial charge in [-0.15, -0.1) is 0 Å². The van der Waals surface area contributed by atoms with Crippen molar-refractivity contribution in [1.29, 1.82) is 0 Å². The van der Waals surface area contributed by atoms with E-state index in [2.05, 4.69) is 22.6 Å². The Morgan fingerprint density at radius 3 is 2.74 bits per heavy atom. The minimum atomic E-state index is -0.0386. The number of benzene rings is 1. The average Bonchev–Trinajstić information content (AvgIpc) is 3.10. The van der Waals surface area contributed by atoms with Crippen LogP contribution in [0.4, 0.5) is 15.3 Å². The van der Waals surface area contributed by atoms with Crippen LogP contribution >= 0.6 is 0 Å². The fraction of sp³-hybridized carbons (Fsp3) is 0.600. The normalized spacial score (nSPS) is 25.9. The molecule has 27 heavy (non-hydrogen) atoms. The summed E-state index contributed by atoms with van der Waals surface area (Å²) in [4.78, 5) is 30.7. The van der Waals surface area contributed by atoms with Crippen LogP contribution in [0.1, 0.15) is 24.8 Å². The zero-order valence-electron chi connectivity index (χ0n) is 16.0. The van der Waals surface area contributed by atoms with E-state index >= 15 is 0 Å². The Kier molecular flexibility index (Phi) is 5.20. The highest BCUT2D eigenvalue weighted by atomic mass is 16.2. The minimum Gasteiger partial charge on any atom is -0.338 e. The van der Waals surface area contributed by atoms with E-state index in [4.69, 9.17) is 0 Å². The van der Waals surface area contributed by atoms with Gasteiger partial charge < -0.3 is 20.4 Å². The summed E-state index contributed by atoms with van der Waals surface area (Å²) in [6, 6.07) is 8.23. The summed E-state index contributed by atoms with van der Waals surface area (Å²) in [5.74, 6) is 0.655. The Morgan fingerprint density at radius 2 is 1.96 bits per heavy atom. The number of piperidine rings is 1. The first-order valence-electron chi connectivity index (χ1n) is 9.99. The molecule has 3 saturated heterocycles. The third kappa shape index (κ3) is 3.88. The Morgan fingerprint density at radius 1 is 1.19 bits per heavy atom. The summed E-state index contributed by atoms with van der Waals surface area (Å²) in [5.41, 5.74) is 1.94. The second kappa shape index (κ2) is 7.76. The lowest BCUT2D eigenvalue weighted by atomic mass is 9.92. The molecule has 0 bridgehead atoms. The molecule has 0 aromatic heterocycles. The molecule has 3 heterocycles. The maximum Gasteiger partial charge on any atom is 0.321 e. The molecule has 0 saturated carbocycles. The molecule has 0 radical (unpaired) electrons. The van der Waals surface area contributed by atoms with Crippen LogP contribution < -0.4 is 15.5 Å². The molecule has 2 N–H and O–H groups in total. The molecule has 2 atom stereocenters. The number of carbonyl (C=O) groups is 2. The van der Waals surface area contributed by atoms with Gasteiger partial charge >= 0.3 is 12.1 Å². The van der Waals surface area contributed by atoms with Crippen LogP contribution in [0.15, 0.2) is 24.3 Å². The summed E-state index contributed by atoms with van der Waals surface area (Å²) in [6.45, 7) is 4.97. The topological polar surface area (TPSA) is 67.9 Å². The second-order valence-electron chi connectivity index (χ2n) is 7.92. The SMILES string of the molecule is CN1CC[C@@H]2CCN(C(=O)NCc3ccc(N4CCCNC4=O)cc3)[C@@H]2C1. The summed E-state index contributed by atoms with van der Waals surface area (Å²) < 4.78 is 0. The van der Waals surface area contributed by atoms with Crippen molar-refractivity contribution in [2.24, 2.45) is 5.92 Å². The number of nitrogens with one attached hydrogen (secondary N) is 2. The Hall–Kier alpha value is -2.28. The van der Waals surface area contributed by atoms with Crippen LogP contribution in [0.5, 0.6) is 0 Å². The minimum absolute atomic E-state index is 0.0386. The number of rotatable bonds is 3. The largest absolute Gasteiger partial charge is 0.338 e. The molecule has 3 aliphatic rings. The van der Waals surface area contributed by atoms with Crippen LogP contribution in [0, 0.1) is 5.92 Å². The van der Waals surface area contributed by atoms with Gasteiger partial charge in [0.2, 0.25) is 0 Å². The fourth-order valence-corrected chi connectivity index (χ4v) is 4.50. The Bertz CT molecular complexity index is 692. The number of likely N-dealkylation sites (tertiary alicyclic amines) is 2. The zero-order valence-corrected chi connectivity index (χ0v) is 16.0. The van der Waals surface area contributed by atoms with Crippen molar-refractivity contribution in [3.8, 4) is 0 Å². The molecule has 3 fully saturated rings. The van der Waals surface area contributed by atoms with E-state index < -0.39 is 0 Å². The molecule has 7 nitrogen and oxygen atoms in total. The van der Waals surface area contributed by atoms with Gasteiger partial charge in [0.1, 0.15) is 0 Å². The van der Waals surface area contributed by atoms with Gasteiger partial charge in [0.05, 0.1) is 0 Å². The maximum absolute atomic E-state index is 12.7. The van der Waals surface area contributed by atoms with E-state index in [1.165, 1.54) is 6.42 Å². The van der Waals surface area contributed by atoms with Crippen molar-refractivity contribution in [1.82, 2.24) is 20.4 Å². The van der Waals surface area contributed by atoms with Crippen LogP contribution in [-0.4, -0.2) is 67.7 Å². The number of urea groups is 2. The monoisotopic (exact) mass is 371 g/mol. The lowest BCUT2D eigenvalue weighted by Crippen LogP contribution is -2.51. The smallest absolute Gasteiger partial charge is 0.321 e. The van der Waals surface area contributed by atoms with Crippen molar-refractivity contribution in [2.75, 3.05) is 44.7 Å². The van der Waals surface area contributed by atoms with Crippen molar-refractivity contribution >= 4 is 17.7 Å². The molecule has 0 aliphatic carbocycles. The molecule has 146 valence electrons. The third-order valence-electron chi connectivity index (χ3n) is 6.10. The van der Waals surface area contributed by atoms with E-state index in [1.807, 2.05) is 29.2 Å². The van der Waals surface area contributed by atoms with Gasteiger partial charge in [0, 0.05) is 44.5 Å². The predicted octanol–water partition coefficient (Wildman–Crippen LogP) is 1.84. The number of anilines is 1.